The fraction of sp³-hybridized carbons (Fsp3) is 1.00. The maximum Gasteiger partial charge on any atom is 0.284 e. The van der Waals surface area contributed by atoms with Crippen LogP contribution in [0.5, 0.6) is 0 Å². The minimum atomic E-state index is -4.24. The van der Waals surface area contributed by atoms with Crippen LogP contribution in [0.4, 0.5) is 0 Å². The summed E-state index contributed by atoms with van der Waals surface area (Å²) in [6.45, 7) is 0.636. The fourth-order valence-electron chi connectivity index (χ4n) is 0.457. The lowest BCUT2D eigenvalue weighted by molar-refractivity contribution is -0.870. The molecule has 0 radical (unpaired) electrons. The number of likely N-dealkylation sites (N-methyl/N-ethyl adjacent to an activating group) is 1. The Morgan fingerprint density at radius 3 is 2.33 bits per heavy atom. The van der Waals surface area contributed by atoms with Crippen molar-refractivity contribution in [3.8, 4) is 0 Å². The third-order valence-corrected chi connectivity index (χ3v) is 1.90. The lowest BCUT2D eigenvalue weighted by Crippen LogP contribution is -2.37. The van der Waals surface area contributed by atoms with Crippen LogP contribution in [0, 0.1) is 0 Å². The van der Waals surface area contributed by atoms with Crippen LogP contribution >= 0.6 is 7.82 Å². The molecule has 0 aliphatic rings. The van der Waals surface area contributed by atoms with Gasteiger partial charge in [-0.05, 0) is 0 Å². The van der Waals surface area contributed by atoms with E-state index in [1.54, 1.807) is 0 Å². The highest BCUT2D eigenvalue weighted by Crippen LogP contribution is 2.35. The molecule has 1 unspecified atom stereocenters. The van der Waals surface area contributed by atoms with E-state index in [4.69, 9.17) is 0 Å². The van der Waals surface area contributed by atoms with Crippen LogP contribution in [0.1, 0.15) is 0 Å². The number of hydrogen-bond acceptors (Lipinski definition) is 5. The molecule has 7 heteroatoms. The van der Waals surface area contributed by atoms with Crippen molar-refractivity contribution in [2.75, 3.05) is 34.3 Å². The van der Waals surface area contributed by atoms with Crippen molar-refractivity contribution in [1.82, 2.24) is 0 Å². The number of nitrogens with zero attached hydrogens (tertiary/aromatic N) is 1. The first kappa shape index (κ1) is 12.0. The van der Waals surface area contributed by atoms with E-state index in [2.05, 4.69) is 15.0 Å². The molecule has 0 rings (SSSR count). The Labute approximate surface area is 72.0 Å². The summed E-state index contributed by atoms with van der Waals surface area (Å²) in [5.41, 5.74) is 0. The fourth-order valence-corrected chi connectivity index (χ4v) is 0.823. The first-order valence-corrected chi connectivity index (χ1v) is 4.87. The summed E-state index contributed by atoms with van der Waals surface area (Å²) in [5, 5.41) is 0. The molecule has 0 aliphatic carbocycles. The Kier molecular flexibility index (Phi) is 4.33. The van der Waals surface area contributed by atoms with Crippen LogP contribution in [-0.4, -0.2) is 38.8 Å². The molecule has 0 bridgehead atoms. The van der Waals surface area contributed by atoms with Gasteiger partial charge in [-0.25, -0.2) is 10.5 Å². The molecule has 0 aromatic carbocycles. The van der Waals surface area contributed by atoms with Crippen LogP contribution in [-0.2, 0) is 13.7 Å². The summed E-state index contributed by atoms with van der Waals surface area (Å²) in [6.07, 6.45) is 0. The van der Waals surface area contributed by atoms with Gasteiger partial charge >= 0.3 is 0 Å². The van der Waals surface area contributed by atoms with Gasteiger partial charge in [0.25, 0.3) is 7.82 Å². The number of phosphoric acid groups is 1. The number of hydrogen-bond donors (Lipinski definition) is 1. The van der Waals surface area contributed by atoms with Crippen LogP contribution < -0.4 is 10.8 Å². The molecule has 0 heterocycles. The van der Waals surface area contributed by atoms with Gasteiger partial charge in [-0.2, -0.15) is 0 Å². The minimum absolute atomic E-state index is 0.0709. The average Bonchev–Trinajstić information content (AvgIpc) is 1.84. The van der Waals surface area contributed by atoms with E-state index in [0.29, 0.717) is 11.0 Å². The molecule has 12 heavy (non-hydrogen) atoms. The van der Waals surface area contributed by atoms with Gasteiger partial charge in [-0.3, -0.25) is 4.57 Å². The van der Waals surface area contributed by atoms with Crippen molar-refractivity contribution in [2.45, 2.75) is 0 Å². The predicted octanol–water partition coefficient (Wildman–Crippen LogP) is -0.932. The number of quaternary nitrogens is 1. The summed E-state index contributed by atoms with van der Waals surface area (Å²) in [5.74, 6) is 4.45. The smallest absolute Gasteiger partial charge is 0.284 e. The normalized spacial score (nSPS) is 17.4. The van der Waals surface area contributed by atoms with Gasteiger partial charge < -0.3 is 13.9 Å². The van der Waals surface area contributed by atoms with Gasteiger partial charge in [0, 0.05) is 0 Å². The SMILES string of the molecule is C[N+](C)(C)CCOP(=O)([O-])ON. The zero-order chi connectivity index (χ0) is 9.83. The van der Waals surface area contributed by atoms with Crippen LogP contribution in [0.3, 0.4) is 0 Å². The minimum Gasteiger partial charge on any atom is -0.755 e. The second-order valence-electron chi connectivity index (χ2n) is 3.40. The van der Waals surface area contributed by atoms with Gasteiger partial charge in [0.15, 0.2) is 0 Å². The summed E-state index contributed by atoms with van der Waals surface area (Å²) in [6, 6.07) is 0. The van der Waals surface area contributed by atoms with Crippen molar-refractivity contribution in [2.24, 2.45) is 5.90 Å². The van der Waals surface area contributed by atoms with E-state index >= 15 is 0 Å². The van der Waals surface area contributed by atoms with Gasteiger partial charge in [0.1, 0.15) is 13.2 Å². The van der Waals surface area contributed by atoms with Gasteiger partial charge in [0.05, 0.1) is 21.1 Å². The van der Waals surface area contributed by atoms with Gasteiger partial charge in [0.2, 0.25) is 0 Å². The third kappa shape index (κ3) is 6.72. The standard InChI is InChI=1S/C5H15N2O4P/c1-7(2,3)4-5-10-12(8,9)11-6/h4-6H2,1-3H3. The Balaban J connectivity index is 3.65. The van der Waals surface area contributed by atoms with Crippen molar-refractivity contribution >= 4 is 7.82 Å². The van der Waals surface area contributed by atoms with E-state index in [1.165, 1.54) is 0 Å². The summed E-state index contributed by atoms with van der Waals surface area (Å²) >= 11 is 0. The highest BCUT2D eigenvalue weighted by Gasteiger charge is 2.11. The molecule has 0 fully saturated rings. The quantitative estimate of drug-likeness (QED) is 0.350. The van der Waals surface area contributed by atoms with E-state index in [-0.39, 0.29) is 6.61 Å². The molecular weight excluding hydrogens is 183 g/mol. The van der Waals surface area contributed by atoms with Crippen LogP contribution in [0.25, 0.3) is 0 Å². The Bertz CT molecular complexity index is 179. The number of rotatable bonds is 5. The molecule has 74 valence electrons. The topological polar surface area (TPSA) is 84.6 Å². The number of phosphoric ester groups is 1. The Morgan fingerprint density at radius 1 is 1.50 bits per heavy atom. The molecule has 0 saturated heterocycles. The Hall–Kier alpha value is 0.0300. The molecule has 0 amide bonds. The maximum atomic E-state index is 10.5. The second kappa shape index (κ2) is 4.32. The zero-order valence-corrected chi connectivity index (χ0v) is 8.41. The summed E-state index contributed by atoms with van der Waals surface area (Å²) in [7, 11) is 1.52. The molecule has 0 aromatic heterocycles. The molecule has 1 atom stereocenters. The lowest BCUT2D eigenvalue weighted by Gasteiger charge is -2.25. The third-order valence-electron chi connectivity index (χ3n) is 1.14. The average molecular weight is 198 g/mol. The Morgan fingerprint density at radius 2 is 2.00 bits per heavy atom. The van der Waals surface area contributed by atoms with Crippen molar-refractivity contribution in [3.05, 3.63) is 0 Å². The van der Waals surface area contributed by atoms with Crippen molar-refractivity contribution in [3.63, 3.8) is 0 Å². The summed E-state index contributed by atoms with van der Waals surface area (Å²) in [4.78, 5) is 10.5. The molecule has 6 nitrogen and oxygen atoms in total. The highest BCUT2D eigenvalue weighted by molar-refractivity contribution is 7.45. The van der Waals surface area contributed by atoms with Gasteiger partial charge in [-0.1, -0.05) is 0 Å². The van der Waals surface area contributed by atoms with Gasteiger partial charge in [-0.15, -0.1) is 0 Å². The van der Waals surface area contributed by atoms with E-state index in [9.17, 15) is 9.46 Å². The first-order valence-electron chi connectivity index (χ1n) is 3.41. The van der Waals surface area contributed by atoms with Crippen LogP contribution in [0.2, 0.25) is 0 Å². The summed E-state index contributed by atoms with van der Waals surface area (Å²) < 4.78 is 19.2. The second-order valence-corrected chi connectivity index (χ2v) is 4.76. The predicted molar refractivity (Wildman–Crippen MR) is 41.7 cm³/mol. The first-order chi connectivity index (χ1) is 5.27. The largest absolute Gasteiger partial charge is 0.755 e. The molecule has 0 aromatic rings. The lowest BCUT2D eigenvalue weighted by atomic mass is 10.5. The molecular formula is C5H15N2O4P. The molecule has 0 spiro atoms. The number of nitrogens with two attached hydrogens (primary N) is 1. The van der Waals surface area contributed by atoms with E-state index in [1.807, 2.05) is 21.1 Å². The van der Waals surface area contributed by atoms with E-state index in [0.717, 1.165) is 0 Å². The maximum absolute atomic E-state index is 10.5. The van der Waals surface area contributed by atoms with Crippen molar-refractivity contribution < 1.29 is 23.1 Å². The van der Waals surface area contributed by atoms with Crippen LogP contribution in [0.15, 0.2) is 0 Å². The van der Waals surface area contributed by atoms with E-state index < -0.39 is 7.82 Å². The molecule has 0 saturated carbocycles. The molecule has 2 N–H and O–H groups in total. The monoisotopic (exact) mass is 198 g/mol. The molecule has 0 aliphatic heterocycles. The highest BCUT2D eigenvalue weighted by atomic mass is 31.2. The van der Waals surface area contributed by atoms with Crippen molar-refractivity contribution in [1.29, 1.82) is 0 Å². The zero-order valence-electron chi connectivity index (χ0n) is 7.52.